The van der Waals surface area contributed by atoms with Crippen molar-refractivity contribution in [3.8, 4) is 6.07 Å². The van der Waals surface area contributed by atoms with E-state index in [-0.39, 0.29) is 4.58 Å². The Morgan fingerprint density at radius 3 is 2.47 bits per heavy atom. The number of alkyl halides is 3. The second kappa shape index (κ2) is 6.48. The van der Waals surface area contributed by atoms with E-state index < -0.39 is 3.92 Å². The molecule has 0 aliphatic heterocycles. The van der Waals surface area contributed by atoms with Crippen molar-refractivity contribution in [1.29, 1.82) is 5.26 Å². The average Bonchev–Trinajstić information content (AvgIpc) is 2.60. The SMILES string of the molecule is CSC(SC)c1[nH]cc(SC(F)(Cl)Cl)c1C#N. The minimum Gasteiger partial charge on any atom is -0.361 e. The van der Waals surface area contributed by atoms with Gasteiger partial charge in [0, 0.05) is 11.1 Å². The second-order valence-electron chi connectivity index (χ2n) is 2.90. The number of thioether (sulfide) groups is 3. The van der Waals surface area contributed by atoms with Gasteiger partial charge in [-0.2, -0.15) is 9.65 Å². The molecule has 0 aliphatic carbocycles. The highest BCUT2D eigenvalue weighted by Crippen LogP contribution is 2.46. The summed E-state index contributed by atoms with van der Waals surface area (Å²) in [6, 6.07) is 2.05. The molecule has 0 bridgehead atoms. The molecule has 0 saturated heterocycles. The van der Waals surface area contributed by atoms with Gasteiger partial charge in [-0.3, -0.25) is 0 Å². The Morgan fingerprint density at radius 1 is 1.47 bits per heavy atom. The zero-order chi connectivity index (χ0) is 13.1. The molecule has 1 aromatic rings. The first-order valence-electron chi connectivity index (χ1n) is 4.35. The van der Waals surface area contributed by atoms with Crippen LogP contribution in [0, 0.1) is 11.3 Å². The molecule has 0 radical (unpaired) electrons. The Balaban J connectivity index is 3.08. The normalized spacial score (nSPS) is 11.8. The Labute approximate surface area is 122 Å². The lowest BCUT2D eigenvalue weighted by molar-refractivity contribution is 0.516. The van der Waals surface area contributed by atoms with E-state index in [1.165, 1.54) is 0 Å². The summed E-state index contributed by atoms with van der Waals surface area (Å²) in [5, 5.41) is 9.11. The van der Waals surface area contributed by atoms with Gasteiger partial charge < -0.3 is 4.98 Å². The van der Waals surface area contributed by atoms with Crippen molar-refractivity contribution in [2.24, 2.45) is 0 Å². The molecule has 0 aliphatic rings. The number of nitrogens with one attached hydrogen (secondary N) is 1. The summed E-state index contributed by atoms with van der Waals surface area (Å²) in [5.41, 5.74) is 1.15. The predicted molar refractivity (Wildman–Crippen MR) is 76.7 cm³/mol. The molecule has 2 nitrogen and oxygen atoms in total. The Hall–Kier alpha value is 0.330. The minimum absolute atomic E-state index is 0.0960. The molecule has 1 aromatic heterocycles. The van der Waals surface area contributed by atoms with Crippen LogP contribution >= 0.6 is 58.5 Å². The van der Waals surface area contributed by atoms with E-state index in [4.69, 9.17) is 28.5 Å². The van der Waals surface area contributed by atoms with Crippen LogP contribution in [-0.2, 0) is 0 Å². The number of nitriles is 1. The number of H-pyrrole nitrogens is 1. The minimum atomic E-state index is -2.43. The van der Waals surface area contributed by atoms with E-state index in [1.807, 2.05) is 12.5 Å². The smallest absolute Gasteiger partial charge is 0.309 e. The van der Waals surface area contributed by atoms with E-state index >= 15 is 0 Å². The van der Waals surface area contributed by atoms with Crippen LogP contribution in [0.2, 0.25) is 0 Å². The fourth-order valence-corrected chi connectivity index (χ4v) is 4.00. The molecule has 8 heteroatoms. The van der Waals surface area contributed by atoms with Gasteiger partial charge in [0.05, 0.1) is 15.8 Å². The van der Waals surface area contributed by atoms with Crippen LogP contribution in [0.4, 0.5) is 4.39 Å². The number of halogens is 3. The Bertz CT molecular complexity index is 421. The van der Waals surface area contributed by atoms with Crippen LogP contribution in [-0.4, -0.2) is 21.4 Å². The first-order valence-corrected chi connectivity index (χ1v) is 8.50. The first kappa shape index (κ1) is 15.4. The molecule has 1 rings (SSSR count). The van der Waals surface area contributed by atoms with Gasteiger partial charge >= 0.3 is 3.92 Å². The molecule has 1 heterocycles. The lowest BCUT2D eigenvalue weighted by Gasteiger charge is -2.11. The first-order chi connectivity index (χ1) is 7.92. The van der Waals surface area contributed by atoms with Gasteiger partial charge in [0.2, 0.25) is 0 Å². The van der Waals surface area contributed by atoms with Crippen molar-refractivity contribution in [3.05, 3.63) is 17.5 Å². The number of aromatic nitrogens is 1. The van der Waals surface area contributed by atoms with Crippen molar-refractivity contribution in [3.63, 3.8) is 0 Å². The third-order valence-electron chi connectivity index (χ3n) is 1.88. The van der Waals surface area contributed by atoms with E-state index in [0.29, 0.717) is 22.2 Å². The summed E-state index contributed by atoms with van der Waals surface area (Å²) >= 11 is 14.4. The number of nitrogens with zero attached hydrogens (tertiary/aromatic N) is 1. The summed E-state index contributed by atoms with van der Waals surface area (Å²) in [6.07, 6.45) is 5.44. The quantitative estimate of drug-likeness (QED) is 0.480. The van der Waals surface area contributed by atoms with Crippen molar-refractivity contribution in [1.82, 2.24) is 4.98 Å². The zero-order valence-corrected chi connectivity index (χ0v) is 12.9. The van der Waals surface area contributed by atoms with Crippen molar-refractivity contribution < 1.29 is 4.39 Å². The largest absolute Gasteiger partial charge is 0.361 e. The summed E-state index contributed by atoms with van der Waals surface area (Å²) < 4.78 is 10.8. The van der Waals surface area contributed by atoms with Gasteiger partial charge in [0.25, 0.3) is 0 Å². The van der Waals surface area contributed by atoms with E-state index in [9.17, 15) is 4.39 Å². The summed E-state index contributed by atoms with van der Waals surface area (Å²) in [5.74, 6) is 0. The standard InChI is InChI=1S/C9H9Cl2FN2S3/c1-15-8(16-2)7-5(3-13)6(4-14-7)17-9(10,11)12/h4,8,14H,1-2H3. The maximum Gasteiger partial charge on any atom is 0.309 e. The van der Waals surface area contributed by atoms with Crippen molar-refractivity contribution >= 4 is 58.5 Å². The molecule has 0 atom stereocenters. The van der Waals surface area contributed by atoms with Gasteiger partial charge in [0.15, 0.2) is 0 Å². The highest BCUT2D eigenvalue weighted by atomic mass is 35.5. The lowest BCUT2D eigenvalue weighted by atomic mass is 10.3. The van der Waals surface area contributed by atoms with Crippen LogP contribution in [0.5, 0.6) is 0 Å². The van der Waals surface area contributed by atoms with Gasteiger partial charge in [-0.05, 0) is 24.3 Å². The van der Waals surface area contributed by atoms with Crippen LogP contribution in [0.15, 0.2) is 11.1 Å². The molecule has 0 saturated carbocycles. The van der Waals surface area contributed by atoms with Crippen LogP contribution in [0.25, 0.3) is 0 Å². The number of hydrogen-bond donors (Lipinski definition) is 1. The van der Waals surface area contributed by atoms with E-state index in [0.717, 1.165) is 5.69 Å². The molecule has 0 aromatic carbocycles. The monoisotopic (exact) mass is 330 g/mol. The topological polar surface area (TPSA) is 39.6 Å². The van der Waals surface area contributed by atoms with Crippen molar-refractivity contribution in [2.75, 3.05) is 12.5 Å². The Kier molecular flexibility index (Phi) is 5.87. The third kappa shape index (κ3) is 4.18. The maximum atomic E-state index is 13.1. The van der Waals surface area contributed by atoms with Gasteiger partial charge in [0.1, 0.15) is 6.07 Å². The van der Waals surface area contributed by atoms with Crippen LogP contribution < -0.4 is 0 Å². The fourth-order valence-electron chi connectivity index (χ4n) is 1.26. The molecular formula is C9H9Cl2FN2S3. The van der Waals surface area contributed by atoms with Gasteiger partial charge in [-0.1, -0.05) is 23.2 Å². The number of rotatable bonds is 5. The highest BCUT2D eigenvalue weighted by molar-refractivity contribution is 8.15. The molecule has 1 N–H and O–H groups in total. The second-order valence-corrected chi connectivity index (χ2v) is 7.98. The lowest BCUT2D eigenvalue weighted by Crippen LogP contribution is -1.96. The van der Waals surface area contributed by atoms with Gasteiger partial charge in [-0.15, -0.1) is 23.5 Å². The molecule has 0 amide bonds. The summed E-state index contributed by atoms with van der Waals surface area (Å²) in [4.78, 5) is 3.40. The summed E-state index contributed by atoms with van der Waals surface area (Å²) in [7, 11) is 0. The maximum absolute atomic E-state index is 13.1. The Morgan fingerprint density at radius 2 is 2.06 bits per heavy atom. The third-order valence-corrected chi connectivity index (χ3v) is 5.59. The molecular weight excluding hydrogens is 322 g/mol. The molecule has 94 valence electrons. The number of aromatic amines is 1. The van der Waals surface area contributed by atoms with Gasteiger partial charge in [-0.25, -0.2) is 0 Å². The van der Waals surface area contributed by atoms with Crippen molar-refractivity contribution in [2.45, 2.75) is 13.4 Å². The van der Waals surface area contributed by atoms with Crippen LogP contribution in [0.3, 0.4) is 0 Å². The predicted octanol–water partition coefficient (Wildman–Crippen LogP) is 4.76. The van der Waals surface area contributed by atoms with Crippen LogP contribution in [0.1, 0.15) is 15.8 Å². The molecule has 0 unspecified atom stereocenters. The van der Waals surface area contributed by atoms with E-state index in [1.54, 1.807) is 29.7 Å². The number of hydrogen-bond acceptors (Lipinski definition) is 4. The molecule has 17 heavy (non-hydrogen) atoms. The summed E-state index contributed by atoms with van der Waals surface area (Å²) in [6.45, 7) is 0. The molecule has 0 fully saturated rings. The molecule has 0 spiro atoms. The average molecular weight is 331 g/mol. The zero-order valence-electron chi connectivity index (χ0n) is 8.96. The van der Waals surface area contributed by atoms with E-state index in [2.05, 4.69) is 11.1 Å². The fraction of sp³-hybridized carbons (Fsp3) is 0.444. The highest BCUT2D eigenvalue weighted by Gasteiger charge is 2.28.